The standard InChI is InChI=1S/C22H25N3O2/c1-15-13-23-21-7-5-4-6-20(21)22(15)24-16-8-9-25(14-16)17-10-18(26-2)12-19(11-17)27-3/h4-7,10-13,16H,8-9,14H2,1-3H3,(H,23,24). The van der Waals surface area contributed by atoms with E-state index in [1.54, 1.807) is 14.2 Å². The van der Waals surface area contributed by atoms with Crippen LogP contribution in [0.25, 0.3) is 10.9 Å². The van der Waals surface area contributed by atoms with Crippen molar-refractivity contribution in [3.63, 3.8) is 0 Å². The van der Waals surface area contributed by atoms with Crippen molar-refractivity contribution in [2.24, 2.45) is 0 Å². The van der Waals surface area contributed by atoms with E-state index < -0.39 is 0 Å². The van der Waals surface area contributed by atoms with Crippen LogP contribution < -0.4 is 19.7 Å². The van der Waals surface area contributed by atoms with Crippen molar-refractivity contribution in [3.8, 4) is 11.5 Å². The summed E-state index contributed by atoms with van der Waals surface area (Å²) < 4.78 is 10.8. The molecule has 3 aromatic rings. The fourth-order valence-corrected chi connectivity index (χ4v) is 3.72. The minimum atomic E-state index is 0.381. The van der Waals surface area contributed by atoms with Crippen molar-refractivity contribution in [2.45, 2.75) is 19.4 Å². The second kappa shape index (κ2) is 7.35. The smallest absolute Gasteiger partial charge is 0.124 e. The molecule has 0 radical (unpaired) electrons. The highest BCUT2D eigenvalue weighted by Crippen LogP contribution is 2.32. The lowest BCUT2D eigenvalue weighted by Crippen LogP contribution is -2.26. The summed E-state index contributed by atoms with van der Waals surface area (Å²) in [6, 6.07) is 14.7. The first-order chi connectivity index (χ1) is 13.2. The van der Waals surface area contributed by atoms with E-state index in [0.717, 1.165) is 42.2 Å². The zero-order valence-electron chi connectivity index (χ0n) is 16.0. The summed E-state index contributed by atoms with van der Waals surface area (Å²) in [5.74, 6) is 1.63. The second-order valence-electron chi connectivity index (χ2n) is 6.98. The average Bonchev–Trinajstić information content (AvgIpc) is 3.18. The molecule has 1 aliphatic heterocycles. The third-order valence-electron chi connectivity index (χ3n) is 5.20. The number of anilines is 2. The number of aromatic nitrogens is 1. The molecule has 4 rings (SSSR count). The molecule has 2 aromatic carbocycles. The Morgan fingerprint density at radius 1 is 1.07 bits per heavy atom. The van der Waals surface area contributed by atoms with Gasteiger partial charge < -0.3 is 19.7 Å². The molecule has 1 aromatic heterocycles. The van der Waals surface area contributed by atoms with E-state index in [4.69, 9.17) is 9.47 Å². The molecule has 0 amide bonds. The fraction of sp³-hybridized carbons (Fsp3) is 0.318. The Labute approximate surface area is 159 Å². The summed E-state index contributed by atoms with van der Waals surface area (Å²) >= 11 is 0. The van der Waals surface area contributed by atoms with E-state index in [1.165, 1.54) is 16.6 Å². The van der Waals surface area contributed by atoms with Gasteiger partial charge in [-0.15, -0.1) is 0 Å². The highest BCUT2D eigenvalue weighted by molar-refractivity contribution is 5.92. The van der Waals surface area contributed by atoms with E-state index in [2.05, 4.69) is 52.5 Å². The van der Waals surface area contributed by atoms with Gasteiger partial charge in [-0.3, -0.25) is 4.98 Å². The Morgan fingerprint density at radius 2 is 1.81 bits per heavy atom. The van der Waals surface area contributed by atoms with Crippen LogP contribution in [-0.2, 0) is 0 Å². The van der Waals surface area contributed by atoms with E-state index >= 15 is 0 Å². The molecule has 2 heterocycles. The monoisotopic (exact) mass is 363 g/mol. The quantitative estimate of drug-likeness (QED) is 0.734. The van der Waals surface area contributed by atoms with Crippen molar-refractivity contribution in [2.75, 3.05) is 37.5 Å². The number of nitrogens with one attached hydrogen (secondary N) is 1. The molecule has 5 nitrogen and oxygen atoms in total. The number of aryl methyl sites for hydroxylation is 1. The van der Waals surface area contributed by atoms with Crippen LogP contribution in [0.5, 0.6) is 11.5 Å². The topological polar surface area (TPSA) is 46.6 Å². The SMILES string of the molecule is COc1cc(OC)cc(N2CCC(Nc3c(C)cnc4ccccc34)C2)c1. The number of methoxy groups -OCH3 is 2. The maximum absolute atomic E-state index is 5.41. The zero-order chi connectivity index (χ0) is 18.8. The first-order valence-corrected chi connectivity index (χ1v) is 9.27. The van der Waals surface area contributed by atoms with Gasteiger partial charge in [0.2, 0.25) is 0 Å². The summed E-state index contributed by atoms with van der Waals surface area (Å²) in [7, 11) is 3.37. The number of fused-ring (bicyclic) bond motifs is 1. The molecule has 1 saturated heterocycles. The number of pyridine rings is 1. The molecule has 0 aliphatic carbocycles. The fourth-order valence-electron chi connectivity index (χ4n) is 3.72. The van der Waals surface area contributed by atoms with Crippen LogP contribution in [0.3, 0.4) is 0 Å². The lowest BCUT2D eigenvalue weighted by molar-refractivity contribution is 0.394. The van der Waals surface area contributed by atoms with Crippen LogP contribution in [0.2, 0.25) is 0 Å². The van der Waals surface area contributed by atoms with Gasteiger partial charge in [-0.2, -0.15) is 0 Å². The van der Waals surface area contributed by atoms with Crippen molar-refractivity contribution in [1.29, 1.82) is 0 Å². The number of para-hydroxylation sites is 1. The van der Waals surface area contributed by atoms with Crippen LogP contribution in [-0.4, -0.2) is 38.3 Å². The molecule has 0 spiro atoms. The maximum atomic E-state index is 5.41. The highest BCUT2D eigenvalue weighted by Gasteiger charge is 2.24. The number of hydrogen-bond acceptors (Lipinski definition) is 5. The van der Waals surface area contributed by atoms with E-state index in [9.17, 15) is 0 Å². The normalized spacial score (nSPS) is 16.6. The Balaban J connectivity index is 1.55. The number of rotatable bonds is 5. The molecule has 140 valence electrons. The van der Waals surface area contributed by atoms with Crippen molar-refractivity contribution >= 4 is 22.3 Å². The summed E-state index contributed by atoms with van der Waals surface area (Å²) in [6.07, 6.45) is 3.03. The van der Waals surface area contributed by atoms with E-state index in [1.807, 2.05) is 18.3 Å². The van der Waals surface area contributed by atoms with Crippen LogP contribution in [0, 0.1) is 6.92 Å². The zero-order valence-corrected chi connectivity index (χ0v) is 16.0. The van der Waals surface area contributed by atoms with Crippen LogP contribution in [0.4, 0.5) is 11.4 Å². The van der Waals surface area contributed by atoms with Crippen LogP contribution in [0.15, 0.2) is 48.7 Å². The highest BCUT2D eigenvalue weighted by atomic mass is 16.5. The van der Waals surface area contributed by atoms with Gasteiger partial charge >= 0.3 is 0 Å². The molecule has 27 heavy (non-hydrogen) atoms. The number of benzene rings is 2. The Bertz CT molecular complexity index is 935. The van der Waals surface area contributed by atoms with Crippen LogP contribution >= 0.6 is 0 Å². The predicted molar refractivity (Wildman–Crippen MR) is 110 cm³/mol. The first-order valence-electron chi connectivity index (χ1n) is 9.27. The number of ether oxygens (including phenoxy) is 2. The minimum absolute atomic E-state index is 0.381. The molecular weight excluding hydrogens is 338 g/mol. The number of hydrogen-bond donors (Lipinski definition) is 1. The Morgan fingerprint density at radius 3 is 2.56 bits per heavy atom. The lowest BCUT2D eigenvalue weighted by Gasteiger charge is -2.22. The van der Waals surface area contributed by atoms with Crippen molar-refractivity contribution in [3.05, 3.63) is 54.2 Å². The Hall–Kier alpha value is -2.95. The van der Waals surface area contributed by atoms with Gasteiger partial charge in [0.05, 0.1) is 19.7 Å². The average molecular weight is 363 g/mol. The third-order valence-corrected chi connectivity index (χ3v) is 5.20. The third kappa shape index (κ3) is 3.50. The second-order valence-corrected chi connectivity index (χ2v) is 6.98. The van der Waals surface area contributed by atoms with Crippen LogP contribution in [0.1, 0.15) is 12.0 Å². The van der Waals surface area contributed by atoms with Gasteiger partial charge in [0.15, 0.2) is 0 Å². The summed E-state index contributed by atoms with van der Waals surface area (Å²) in [5.41, 5.74) is 4.52. The summed E-state index contributed by atoms with van der Waals surface area (Å²) in [6.45, 7) is 4.05. The minimum Gasteiger partial charge on any atom is -0.497 e. The Kier molecular flexibility index (Phi) is 4.75. The largest absolute Gasteiger partial charge is 0.497 e. The summed E-state index contributed by atoms with van der Waals surface area (Å²) in [5, 5.41) is 4.94. The molecule has 1 N–H and O–H groups in total. The van der Waals surface area contributed by atoms with Gasteiger partial charge in [0.1, 0.15) is 11.5 Å². The van der Waals surface area contributed by atoms with E-state index in [0.29, 0.717) is 6.04 Å². The molecular formula is C22H25N3O2. The van der Waals surface area contributed by atoms with Gasteiger partial charge in [-0.1, -0.05) is 18.2 Å². The van der Waals surface area contributed by atoms with Gasteiger partial charge in [-0.25, -0.2) is 0 Å². The van der Waals surface area contributed by atoms with Gasteiger partial charge in [0.25, 0.3) is 0 Å². The molecule has 1 unspecified atom stereocenters. The number of nitrogens with zero attached hydrogens (tertiary/aromatic N) is 2. The van der Waals surface area contributed by atoms with Gasteiger partial charge in [0, 0.05) is 60.3 Å². The molecule has 0 bridgehead atoms. The van der Waals surface area contributed by atoms with Crippen molar-refractivity contribution in [1.82, 2.24) is 4.98 Å². The molecule has 1 atom stereocenters. The molecule has 1 fully saturated rings. The summed E-state index contributed by atoms with van der Waals surface area (Å²) in [4.78, 5) is 6.91. The maximum Gasteiger partial charge on any atom is 0.124 e. The van der Waals surface area contributed by atoms with Crippen molar-refractivity contribution < 1.29 is 9.47 Å². The molecule has 0 saturated carbocycles. The lowest BCUT2D eigenvalue weighted by atomic mass is 10.1. The molecule has 1 aliphatic rings. The van der Waals surface area contributed by atoms with Gasteiger partial charge in [-0.05, 0) is 25.0 Å². The van der Waals surface area contributed by atoms with E-state index in [-0.39, 0.29) is 0 Å². The molecule has 5 heteroatoms. The predicted octanol–water partition coefficient (Wildman–Crippen LogP) is 4.25. The first kappa shape index (κ1) is 17.5.